The minimum Gasteiger partial charge on any atom is -0.490 e. The van der Waals surface area contributed by atoms with E-state index in [1.807, 2.05) is 0 Å². The van der Waals surface area contributed by atoms with Crippen molar-refractivity contribution in [3.63, 3.8) is 0 Å². The lowest BCUT2D eigenvalue weighted by atomic mass is 9.78. The van der Waals surface area contributed by atoms with E-state index < -0.39 is 23.2 Å². The van der Waals surface area contributed by atoms with Crippen molar-refractivity contribution in [2.45, 2.75) is 56.8 Å². The number of hydrogen-bond acceptors (Lipinski definition) is 4. The molecule has 3 atom stereocenters. The van der Waals surface area contributed by atoms with E-state index in [-0.39, 0.29) is 29.7 Å². The molecule has 1 aromatic rings. The van der Waals surface area contributed by atoms with Gasteiger partial charge < -0.3 is 20.5 Å². The molecule has 2 bridgehead atoms. The summed E-state index contributed by atoms with van der Waals surface area (Å²) in [7, 11) is 0. The van der Waals surface area contributed by atoms with E-state index >= 15 is 0 Å². The molecule has 3 aliphatic rings. The maximum absolute atomic E-state index is 13.3. The molecule has 1 aliphatic heterocycles. The molecular weight excluding hydrogens is 354 g/mol. The average Bonchev–Trinajstić information content (AvgIpc) is 2.81. The summed E-state index contributed by atoms with van der Waals surface area (Å²) in [4.78, 5) is 12.9. The number of fused-ring (bicyclic) bond motifs is 2. The molecule has 2 saturated carbocycles. The zero-order valence-corrected chi connectivity index (χ0v) is 15.2. The smallest absolute Gasteiger partial charge is 0.230 e. The second-order valence-electron chi connectivity index (χ2n) is 8.20. The number of benzene rings is 1. The van der Waals surface area contributed by atoms with Crippen LogP contribution in [0.4, 0.5) is 8.78 Å². The molecule has 3 N–H and O–H groups in total. The molecular formula is C20H26F2N2O3. The Morgan fingerprint density at radius 1 is 1.15 bits per heavy atom. The lowest BCUT2D eigenvalue weighted by Gasteiger charge is -2.39. The highest BCUT2D eigenvalue weighted by molar-refractivity contribution is 5.84. The summed E-state index contributed by atoms with van der Waals surface area (Å²) in [6.07, 6.45) is 3.83. The fourth-order valence-corrected chi connectivity index (χ4v) is 4.86. The zero-order chi connectivity index (χ0) is 19.0. The number of halogens is 2. The van der Waals surface area contributed by atoms with Gasteiger partial charge in [0.15, 0.2) is 0 Å². The van der Waals surface area contributed by atoms with Gasteiger partial charge in [0.25, 0.3) is 0 Å². The van der Waals surface area contributed by atoms with Crippen LogP contribution in [-0.4, -0.2) is 42.4 Å². The maximum Gasteiger partial charge on any atom is 0.230 e. The van der Waals surface area contributed by atoms with E-state index in [1.54, 1.807) is 0 Å². The summed E-state index contributed by atoms with van der Waals surface area (Å²) in [6.45, 7) is 1.30. The summed E-state index contributed by atoms with van der Waals surface area (Å²) in [5.74, 6) is -0.992. The molecule has 1 aromatic carbocycles. The first-order chi connectivity index (χ1) is 13.0. The standard InChI is InChI=1S/C20H26F2N2O3/c21-13-7-14(22)9-17(8-13)27-16-3-1-15(2-4-16)24-19(26)20-6-5-12(18(20)25)10-23-11-20/h7-9,12,15-16,18,23,25H,1-6,10-11H2,(H,24,26)/t12-,15?,16?,18+,20-/m0/s1. The number of aliphatic hydroxyl groups is 1. The Balaban J connectivity index is 1.30. The highest BCUT2D eigenvalue weighted by Crippen LogP contribution is 2.44. The molecule has 3 fully saturated rings. The lowest BCUT2D eigenvalue weighted by molar-refractivity contribution is -0.139. The van der Waals surface area contributed by atoms with Crippen molar-refractivity contribution in [2.75, 3.05) is 13.1 Å². The molecule has 27 heavy (non-hydrogen) atoms. The number of nitrogens with one attached hydrogen (secondary N) is 2. The fourth-order valence-electron chi connectivity index (χ4n) is 4.86. The van der Waals surface area contributed by atoms with Gasteiger partial charge in [-0.15, -0.1) is 0 Å². The van der Waals surface area contributed by atoms with Gasteiger partial charge in [-0.3, -0.25) is 4.79 Å². The van der Waals surface area contributed by atoms with Gasteiger partial charge >= 0.3 is 0 Å². The Kier molecular flexibility index (Phi) is 5.07. The van der Waals surface area contributed by atoms with Crippen LogP contribution in [0.25, 0.3) is 0 Å². The van der Waals surface area contributed by atoms with E-state index in [9.17, 15) is 18.7 Å². The Labute approximate surface area is 157 Å². The van der Waals surface area contributed by atoms with Crippen LogP contribution in [0.5, 0.6) is 5.75 Å². The molecule has 2 aliphatic carbocycles. The topological polar surface area (TPSA) is 70.6 Å². The van der Waals surface area contributed by atoms with E-state index in [4.69, 9.17) is 4.74 Å². The number of ether oxygens (including phenoxy) is 1. The summed E-state index contributed by atoms with van der Waals surface area (Å²) < 4.78 is 32.3. The molecule has 4 rings (SSSR count). The second-order valence-corrected chi connectivity index (χ2v) is 8.20. The largest absolute Gasteiger partial charge is 0.490 e. The van der Waals surface area contributed by atoms with Crippen LogP contribution >= 0.6 is 0 Å². The van der Waals surface area contributed by atoms with Crippen LogP contribution < -0.4 is 15.4 Å². The van der Waals surface area contributed by atoms with E-state index in [0.29, 0.717) is 19.4 Å². The van der Waals surface area contributed by atoms with E-state index in [0.717, 1.165) is 38.3 Å². The first kappa shape index (κ1) is 18.6. The molecule has 0 aromatic heterocycles. The summed E-state index contributed by atoms with van der Waals surface area (Å²) in [5, 5.41) is 16.9. The van der Waals surface area contributed by atoms with Crippen molar-refractivity contribution in [2.24, 2.45) is 11.3 Å². The molecule has 1 heterocycles. The van der Waals surface area contributed by atoms with Gasteiger partial charge in [0.2, 0.25) is 5.91 Å². The molecule has 1 amide bonds. The minimum atomic E-state index is -0.699. The predicted octanol–water partition coefficient (Wildman–Crippen LogP) is 2.13. The van der Waals surface area contributed by atoms with Crippen molar-refractivity contribution in [3.05, 3.63) is 29.8 Å². The second kappa shape index (κ2) is 7.36. The van der Waals surface area contributed by atoms with Crippen LogP contribution in [0.3, 0.4) is 0 Å². The van der Waals surface area contributed by atoms with Crippen LogP contribution in [0.15, 0.2) is 18.2 Å². The van der Waals surface area contributed by atoms with Crippen molar-refractivity contribution >= 4 is 5.91 Å². The van der Waals surface area contributed by atoms with Gasteiger partial charge in [0.1, 0.15) is 17.4 Å². The predicted molar refractivity (Wildman–Crippen MR) is 95.2 cm³/mol. The van der Waals surface area contributed by atoms with Gasteiger partial charge in [0.05, 0.1) is 17.6 Å². The SMILES string of the molecule is O=C(NC1CCC(Oc2cc(F)cc(F)c2)CC1)[C@@]12CC[C@@H](CNC1)[C@H]2O. The number of aliphatic hydroxyl groups excluding tert-OH is 1. The molecule has 0 unspecified atom stereocenters. The third kappa shape index (κ3) is 3.67. The Morgan fingerprint density at radius 2 is 1.85 bits per heavy atom. The van der Waals surface area contributed by atoms with Gasteiger partial charge in [-0.25, -0.2) is 8.78 Å². The molecule has 0 spiro atoms. The highest BCUT2D eigenvalue weighted by atomic mass is 19.1. The van der Waals surface area contributed by atoms with Gasteiger partial charge in [0, 0.05) is 37.3 Å². The minimum absolute atomic E-state index is 0.0455. The Bertz CT molecular complexity index is 684. The average molecular weight is 380 g/mol. The van der Waals surface area contributed by atoms with Crippen molar-refractivity contribution < 1.29 is 23.4 Å². The van der Waals surface area contributed by atoms with E-state index in [1.165, 1.54) is 12.1 Å². The van der Waals surface area contributed by atoms with Crippen LogP contribution in [0, 0.1) is 23.0 Å². The number of carbonyl (C=O) groups is 1. The molecule has 7 heteroatoms. The third-order valence-corrected chi connectivity index (χ3v) is 6.42. The number of amides is 1. The molecule has 1 saturated heterocycles. The highest BCUT2D eigenvalue weighted by Gasteiger charge is 2.55. The lowest BCUT2D eigenvalue weighted by Crippen LogP contribution is -2.58. The Hall–Kier alpha value is -1.73. The maximum atomic E-state index is 13.3. The van der Waals surface area contributed by atoms with Gasteiger partial charge in [-0.1, -0.05) is 0 Å². The number of rotatable bonds is 4. The Morgan fingerprint density at radius 3 is 2.56 bits per heavy atom. The number of hydrogen-bond donors (Lipinski definition) is 3. The van der Waals surface area contributed by atoms with Gasteiger partial charge in [-0.05, 0) is 44.4 Å². The van der Waals surface area contributed by atoms with Crippen molar-refractivity contribution in [3.8, 4) is 5.75 Å². The van der Waals surface area contributed by atoms with Crippen molar-refractivity contribution in [1.29, 1.82) is 0 Å². The number of carbonyl (C=O) groups excluding carboxylic acids is 1. The van der Waals surface area contributed by atoms with Crippen LogP contribution in [0.2, 0.25) is 0 Å². The fraction of sp³-hybridized carbons (Fsp3) is 0.650. The van der Waals surface area contributed by atoms with Crippen LogP contribution in [0.1, 0.15) is 38.5 Å². The summed E-state index contributed by atoms with van der Waals surface area (Å²) >= 11 is 0. The first-order valence-electron chi connectivity index (χ1n) is 9.79. The molecule has 148 valence electrons. The monoisotopic (exact) mass is 380 g/mol. The van der Waals surface area contributed by atoms with E-state index in [2.05, 4.69) is 10.6 Å². The molecule has 5 nitrogen and oxygen atoms in total. The first-order valence-corrected chi connectivity index (χ1v) is 9.79. The van der Waals surface area contributed by atoms with Gasteiger partial charge in [-0.2, -0.15) is 0 Å². The molecule has 0 radical (unpaired) electrons. The quantitative estimate of drug-likeness (QED) is 0.749. The zero-order valence-electron chi connectivity index (χ0n) is 15.2. The summed E-state index contributed by atoms with van der Waals surface area (Å²) in [6, 6.07) is 3.23. The normalized spacial score (nSPS) is 35.7. The summed E-state index contributed by atoms with van der Waals surface area (Å²) in [5.41, 5.74) is -0.699. The van der Waals surface area contributed by atoms with Crippen LogP contribution in [-0.2, 0) is 4.79 Å². The van der Waals surface area contributed by atoms with Crippen molar-refractivity contribution in [1.82, 2.24) is 10.6 Å². The number of piperidine rings is 1. The third-order valence-electron chi connectivity index (χ3n) is 6.42.